The Morgan fingerprint density at radius 2 is 2.07 bits per heavy atom. The number of carbonyl (C=O) groups excluding carboxylic acids is 1. The fourth-order valence-corrected chi connectivity index (χ4v) is 2.31. The summed E-state index contributed by atoms with van der Waals surface area (Å²) in [5.74, 6) is 0.630. The Balaban J connectivity index is 1.94. The number of hydrogen-bond acceptors (Lipinski definition) is 2. The molecular formula is C11H11BrN2O. The summed E-state index contributed by atoms with van der Waals surface area (Å²) in [5.41, 5.74) is 1.89. The Morgan fingerprint density at radius 3 is 2.80 bits per heavy atom. The van der Waals surface area contributed by atoms with Crippen LogP contribution in [0, 0.1) is 5.92 Å². The van der Waals surface area contributed by atoms with Gasteiger partial charge < -0.3 is 10.6 Å². The summed E-state index contributed by atoms with van der Waals surface area (Å²) < 4.78 is 0.980. The second-order valence-electron chi connectivity index (χ2n) is 4.14. The summed E-state index contributed by atoms with van der Waals surface area (Å²) in [6.07, 6.45) is 2.33. The van der Waals surface area contributed by atoms with E-state index in [4.69, 9.17) is 0 Å². The molecule has 1 aromatic rings. The summed E-state index contributed by atoms with van der Waals surface area (Å²) in [4.78, 5) is 11.8. The molecule has 0 saturated heterocycles. The van der Waals surface area contributed by atoms with Crippen molar-refractivity contribution >= 4 is 33.2 Å². The lowest BCUT2D eigenvalue weighted by molar-refractivity contribution is -0.117. The molecule has 2 N–H and O–H groups in total. The summed E-state index contributed by atoms with van der Waals surface area (Å²) in [6, 6.07) is 5.86. The number of fused-ring (bicyclic) bond motifs is 1. The highest BCUT2D eigenvalue weighted by atomic mass is 79.9. The monoisotopic (exact) mass is 266 g/mol. The Morgan fingerprint density at radius 1 is 1.27 bits per heavy atom. The normalized spacial score (nSPS) is 24.1. The third-order valence-electron chi connectivity index (χ3n) is 2.93. The summed E-state index contributed by atoms with van der Waals surface area (Å²) in [5, 5.41) is 6.24. The Bertz CT molecular complexity index is 429. The molecule has 0 spiro atoms. The molecule has 0 aromatic heterocycles. The number of amides is 1. The zero-order valence-corrected chi connectivity index (χ0v) is 9.67. The van der Waals surface area contributed by atoms with Crippen LogP contribution in [0.2, 0.25) is 0 Å². The fraction of sp³-hybridized carbons (Fsp3) is 0.364. The highest BCUT2D eigenvalue weighted by molar-refractivity contribution is 9.10. The Labute approximate surface area is 96.4 Å². The van der Waals surface area contributed by atoms with E-state index < -0.39 is 0 Å². The maximum absolute atomic E-state index is 11.8. The van der Waals surface area contributed by atoms with Crippen molar-refractivity contribution in [1.82, 2.24) is 0 Å². The van der Waals surface area contributed by atoms with Crippen LogP contribution in [0.1, 0.15) is 12.8 Å². The molecule has 1 atom stereocenters. The maximum atomic E-state index is 11.8. The van der Waals surface area contributed by atoms with Crippen molar-refractivity contribution in [3.63, 3.8) is 0 Å². The molecule has 1 fully saturated rings. The summed E-state index contributed by atoms with van der Waals surface area (Å²) >= 11 is 3.39. The summed E-state index contributed by atoms with van der Waals surface area (Å²) in [7, 11) is 0. The van der Waals surface area contributed by atoms with Gasteiger partial charge in [-0.2, -0.15) is 0 Å². The highest BCUT2D eigenvalue weighted by Gasteiger charge is 2.38. The van der Waals surface area contributed by atoms with Gasteiger partial charge in [0.1, 0.15) is 6.04 Å². The van der Waals surface area contributed by atoms with Crippen LogP contribution >= 0.6 is 15.9 Å². The largest absolute Gasteiger partial charge is 0.372 e. The molecule has 0 radical (unpaired) electrons. The van der Waals surface area contributed by atoms with E-state index >= 15 is 0 Å². The van der Waals surface area contributed by atoms with Crippen LogP contribution in [0.3, 0.4) is 0 Å². The molecule has 1 heterocycles. The van der Waals surface area contributed by atoms with Crippen LogP contribution in [-0.2, 0) is 4.79 Å². The molecule has 1 aliphatic heterocycles. The molecule has 0 bridgehead atoms. The average molecular weight is 267 g/mol. The number of anilines is 2. The Kier molecular flexibility index (Phi) is 1.99. The van der Waals surface area contributed by atoms with Crippen LogP contribution in [0.5, 0.6) is 0 Å². The van der Waals surface area contributed by atoms with Gasteiger partial charge in [-0.05, 0) is 37.0 Å². The van der Waals surface area contributed by atoms with Crippen LogP contribution in [0.4, 0.5) is 11.4 Å². The van der Waals surface area contributed by atoms with Gasteiger partial charge in [0.15, 0.2) is 0 Å². The van der Waals surface area contributed by atoms with E-state index in [1.54, 1.807) is 0 Å². The van der Waals surface area contributed by atoms with E-state index in [9.17, 15) is 4.79 Å². The zero-order chi connectivity index (χ0) is 10.4. The number of hydrogen-bond donors (Lipinski definition) is 2. The first-order valence-corrected chi connectivity index (χ1v) is 5.90. The number of benzene rings is 1. The second-order valence-corrected chi connectivity index (χ2v) is 5.05. The molecule has 1 aromatic carbocycles. The predicted octanol–water partition coefficient (Wildman–Crippen LogP) is 2.59. The van der Waals surface area contributed by atoms with Gasteiger partial charge >= 0.3 is 0 Å². The summed E-state index contributed by atoms with van der Waals surface area (Å²) in [6.45, 7) is 0. The van der Waals surface area contributed by atoms with Crippen LogP contribution < -0.4 is 10.6 Å². The van der Waals surface area contributed by atoms with Gasteiger partial charge in [-0.15, -0.1) is 0 Å². The number of halogens is 1. The molecular weight excluding hydrogens is 256 g/mol. The van der Waals surface area contributed by atoms with Crippen LogP contribution in [0.25, 0.3) is 0 Å². The lowest BCUT2D eigenvalue weighted by Gasteiger charge is -2.26. The van der Waals surface area contributed by atoms with Gasteiger partial charge in [-0.25, -0.2) is 0 Å². The predicted molar refractivity (Wildman–Crippen MR) is 62.9 cm³/mol. The van der Waals surface area contributed by atoms with Crippen molar-refractivity contribution in [2.75, 3.05) is 10.6 Å². The first-order chi connectivity index (χ1) is 7.24. The van der Waals surface area contributed by atoms with Crippen molar-refractivity contribution in [2.45, 2.75) is 18.9 Å². The molecule has 4 heteroatoms. The van der Waals surface area contributed by atoms with Crippen molar-refractivity contribution in [3.8, 4) is 0 Å². The molecule has 1 aliphatic carbocycles. The van der Waals surface area contributed by atoms with E-state index in [1.807, 2.05) is 18.2 Å². The minimum Gasteiger partial charge on any atom is -0.372 e. The van der Waals surface area contributed by atoms with Gasteiger partial charge in [0.05, 0.1) is 11.4 Å². The smallest absolute Gasteiger partial charge is 0.247 e. The average Bonchev–Trinajstić information content (AvgIpc) is 3.00. The van der Waals surface area contributed by atoms with Crippen molar-refractivity contribution in [3.05, 3.63) is 22.7 Å². The molecule has 3 rings (SSSR count). The van der Waals surface area contributed by atoms with Crippen molar-refractivity contribution in [2.24, 2.45) is 5.92 Å². The van der Waals surface area contributed by atoms with Crippen molar-refractivity contribution < 1.29 is 4.79 Å². The van der Waals surface area contributed by atoms with Gasteiger partial charge in [0, 0.05) is 4.47 Å². The van der Waals surface area contributed by atoms with E-state index in [0.29, 0.717) is 5.92 Å². The SMILES string of the molecule is O=C1Nc2cc(Br)ccc2NC1C1CC1. The molecule has 15 heavy (non-hydrogen) atoms. The van der Waals surface area contributed by atoms with E-state index in [2.05, 4.69) is 26.6 Å². The molecule has 78 valence electrons. The fourth-order valence-electron chi connectivity index (χ4n) is 1.95. The Hall–Kier alpha value is -1.03. The van der Waals surface area contributed by atoms with E-state index in [0.717, 1.165) is 28.7 Å². The molecule has 2 aliphatic rings. The lowest BCUT2D eigenvalue weighted by Crippen LogP contribution is -2.40. The minimum atomic E-state index is -0.0290. The minimum absolute atomic E-state index is 0.0290. The topological polar surface area (TPSA) is 41.1 Å². The number of nitrogens with one attached hydrogen (secondary N) is 2. The molecule has 1 saturated carbocycles. The van der Waals surface area contributed by atoms with E-state index in [1.165, 1.54) is 0 Å². The van der Waals surface area contributed by atoms with Crippen molar-refractivity contribution in [1.29, 1.82) is 0 Å². The number of rotatable bonds is 1. The van der Waals surface area contributed by atoms with Crippen LogP contribution in [0.15, 0.2) is 22.7 Å². The molecule has 1 amide bonds. The third-order valence-corrected chi connectivity index (χ3v) is 3.42. The quantitative estimate of drug-likeness (QED) is 0.821. The first-order valence-electron chi connectivity index (χ1n) is 5.11. The molecule has 1 unspecified atom stereocenters. The van der Waals surface area contributed by atoms with Gasteiger partial charge in [0.25, 0.3) is 0 Å². The zero-order valence-electron chi connectivity index (χ0n) is 8.09. The standard InChI is InChI=1S/C11H11BrN2O/c12-7-3-4-8-9(5-7)14-11(15)10(13-8)6-1-2-6/h3-6,10,13H,1-2H2,(H,14,15). The lowest BCUT2D eigenvalue weighted by atomic mass is 10.1. The first kappa shape index (κ1) is 9.21. The van der Waals surface area contributed by atoms with Gasteiger partial charge in [-0.1, -0.05) is 15.9 Å². The maximum Gasteiger partial charge on any atom is 0.247 e. The van der Waals surface area contributed by atoms with Crippen LogP contribution in [-0.4, -0.2) is 11.9 Å². The van der Waals surface area contributed by atoms with Gasteiger partial charge in [0.2, 0.25) is 5.91 Å². The third kappa shape index (κ3) is 1.63. The second kappa shape index (κ2) is 3.23. The van der Waals surface area contributed by atoms with Gasteiger partial charge in [-0.3, -0.25) is 4.79 Å². The molecule has 3 nitrogen and oxygen atoms in total. The van der Waals surface area contributed by atoms with E-state index in [-0.39, 0.29) is 11.9 Å². The highest BCUT2D eigenvalue weighted by Crippen LogP contribution is 2.39. The number of carbonyl (C=O) groups is 1.